The van der Waals surface area contributed by atoms with Gasteiger partial charge < -0.3 is 10.2 Å². The minimum absolute atomic E-state index is 0.102. The summed E-state index contributed by atoms with van der Waals surface area (Å²) in [7, 11) is -3.99. The highest BCUT2D eigenvalue weighted by atomic mass is 32.2. The molecule has 1 aliphatic heterocycles. The molecule has 0 aliphatic carbocycles. The van der Waals surface area contributed by atoms with Crippen molar-refractivity contribution < 1.29 is 18.0 Å². The molecule has 1 aliphatic rings. The Bertz CT molecular complexity index is 1710. The predicted octanol–water partition coefficient (Wildman–Crippen LogP) is 4.47. The van der Waals surface area contributed by atoms with Crippen LogP contribution in [0.3, 0.4) is 0 Å². The number of amides is 2. The van der Waals surface area contributed by atoms with E-state index in [-0.39, 0.29) is 23.6 Å². The quantitative estimate of drug-likeness (QED) is 0.287. The molecule has 0 radical (unpaired) electrons. The molecule has 9 heteroatoms. The second kappa shape index (κ2) is 13.0. The van der Waals surface area contributed by atoms with Gasteiger partial charge in [0.2, 0.25) is 21.8 Å². The summed E-state index contributed by atoms with van der Waals surface area (Å²) >= 11 is 0. The van der Waals surface area contributed by atoms with Crippen LogP contribution in [-0.4, -0.2) is 44.3 Å². The molecule has 8 nitrogen and oxygen atoms in total. The number of hydrogen-bond donors (Lipinski definition) is 2. The van der Waals surface area contributed by atoms with E-state index in [2.05, 4.69) is 16.1 Å². The van der Waals surface area contributed by atoms with Crippen LogP contribution in [0.4, 0.5) is 0 Å². The fraction of sp³-hybridized carbons (Fsp3) is 0.242. The first-order valence-electron chi connectivity index (χ1n) is 14.0. The third kappa shape index (κ3) is 7.03. The zero-order valence-electron chi connectivity index (χ0n) is 23.1. The third-order valence-electron chi connectivity index (χ3n) is 7.49. The normalized spacial score (nSPS) is 14.7. The maximum atomic E-state index is 13.5. The SMILES string of the molecule is N#Cc1ccc(CC(NC(=O)CC(NS(=O)(=O)c2ccc3ccccc3c2)c2ccccc2)C(=O)N2CCCC2)cc1. The van der Waals surface area contributed by atoms with Crippen LogP contribution in [0.15, 0.2) is 102 Å². The van der Waals surface area contributed by atoms with Crippen molar-refractivity contribution in [2.75, 3.05) is 13.1 Å². The van der Waals surface area contributed by atoms with E-state index in [1.165, 1.54) is 0 Å². The number of fused-ring (bicyclic) bond motifs is 1. The van der Waals surface area contributed by atoms with E-state index in [4.69, 9.17) is 5.26 Å². The molecule has 214 valence electrons. The van der Waals surface area contributed by atoms with Crippen LogP contribution >= 0.6 is 0 Å². The Balaban J connectivity index is 1.37. The van der Waals surface area contributed by atoms with Crippen LogP contribution in [-0.2, 0) is 26.0 Å². The number of carbonyl (C=O) groups is 2. The molecule has 2 amide bonds. The highest BCUT2D eigenvalue weighted by Crippen LogP contribution is 2.24. The van der Waals surface area contributed by atoms with E-state index in [9.17, 15) is 18.0 Å². The molecule has 0 bridgehead atoms. The van der Waals surface area contributed by atoms with Gasteiger partial charge in [0.15, 0.2) is 0 Å². The summed E-state index contributed by atoms with van der Waals surface area (Å²) in [6.45, 7) is 1.27. The summed E-state index contributed by atoms with van der Waals surface area (Å²) < 4.78 is 29.8. The lowest BCUT2D eigenvalue weighted by molar-refractivity contribution is -0.135. The molecule has 4 aromatic rings. The topological polar surface area (TPSA) is 119 Å². The number of carbonyl (C=O) groups excluding carboxylic acids is 2. The first-order chi connectivity index (χ1) is 20.3. The van der Waals surface area contributed by atoms with E-state index in [1.807, 2.05) is 30.3 Å². The van der Waals surface area contributed by atoms with Crippen molar-refractivity contribution in [2.24, 2.45) is 0 Å². The lowest BCUT2D eigenvalue weighted by Gasteiger charge is -2.25. The number of likely N-dealkylation sites (tertiary alicyclic amines) is 1. The standard InChI is InChI=1S/C33H32N4O4S/c34-23-25-14-12-24(13-15-25)20-31(33(39)37-18-6-7-19-37)35-32(38)22-30(27-9-2-1-3-10-27)36-42(40,41)29-17-16-26-8-4-5-11-28(26)21-29/h1-5,8-17,21,30-31,36H,6-7,18-20,22H2,(H,35,38). The molecule has 0 saturated carbocycles. The number of benzene rings is 4. The minimum Gasteiger partial charge on any atom is -0.344 e. The van der Waals surface area contributed by atoms with Gasteiger partial charge in [0.05, 0.1) is 22.6 Å². The van der Waals surface area contributed by atoms with E-state index in [0.717, 1.165) is 29.2 Å². The van der Waals surface area contributed by atoms with E-state index in [0.29, 0.717) is 24.2 Å². The molecule has 2 unspecified atom stereocenters. The first kappa shape index (κ1) is 29.0. The fourth-order valence-corrected chi connectivity index (χ4v) is 6.51. The van der Waals surface area contributed by atoms with Gasteiger partial charge in [-0.1, -0.05) is 72.8 Å². The Kier molecular flexibility index (Phi) is 8.96. The Morgan fingerprint density at radius 2 is 1.52 bits per heavy atom. The van der Waals surface area contributed by atoms with Gasteiger partial charge in [0.25, 0.3) is 0 Å². The lowest BCUT2D eigenvalue weighted by Crippen LogP contribution is -2.49. The molecular weight excluding hydrogens is 548 g/mol. The number of nitrogens with one attached hydrogen (secondary N) is 2. The number of hydrogen-bond acceptors (Lipinski definition) is 5. The number of nitriles is 1. The number of nitrogens with zero attached hydrogens (tertiary/aromatic N) is 2. The van der Waals surface area contributed by atoms with Crippen LogP contribution in [0.25, 0.3) is 10.8 Å². The number of rotatable bonds is 10. The molecule has 42 heavy (non-hydrogen) atoms. The molecule has 5 rings (SSSR count). The highest BCUT2D eigenvalue weighted by molar-refractivity contribution is 7.89. The Labute approximate surface area is 246 Å². The fourth-order valence-electron chi connectivity index (χ4n) is 5.25. The maximum Gasteiger partial charge on any atom is 0.245 e. The molecular formula is C33H32N4O4S. The van der Waals surface area contributed by atoms with Gasteiger partial charge in [-0.3, -0.25) is 9.59 Å². The summed E-state index contributed by atoms with van der Waals surface area (Å²) in [6.07, 6.45) is 1.88. The van der Waals surface area contributed by atoms with Crippen molar-refractivity contribution in [3.63, 3.8) is 0 Å². The Hall–Kier alpha value is -4.52. The second-order valence-electron chi connectivity index (χ2n) is 10.5. The van der Waals surface area contributed by atoms with Gasteiger partial charge in [-0.05, 0) is 59.0 Å². The Morgan fingerprint density at radius 1 is 0.857 bits per heavy atom. The predicted molar refractivity (Wildman–Crippen MR) is 161 cm³/mol. The molecule has 2 atom stereocenters. The summed E-state index contributed by atoms with van der Waals surface area (Å²) in [6, 6.07) is 28.7. The van der Waals surface area contributed by atoms with Gasteiger partial charge in [0, 0.05) is 25.9 Å². The van der Waals surface area contributed by atoms with Crippen molar-refractivity contribution >= 4 is 32.6 Å². The highest BCUT2D eigenvalue weighted by Gasteiger charge is 2.30. The zero-order valence-corrected chi connectivity index (χ0v) is 23.9. The molecule has 2 N–H and O–H groups in total. The first-order valence-corrected chi connectivity index (χ1v) is 15.4. The Morgan fingerprint density at radius 3 is 2.21 bits per heavy atom. The van der Waals surface area contributed by atoms with E-state index < -0.39 is 28.0 Å². The van der Waals surface area contributed by atoms with Crippen molar-refractivity contribution in [3.05, 3.63) is 114 Å². The summed E-state index contributed by atoms with van der Waals surface area (Å²) in [4.78, 5) is 28.8. The summed E-state index contributed by atoms with van der Waals surface area (Å²) in [5, 5.41) is 13.7. The van der Waals surface area contributed by atoms with E-state index >= 15 is 0 Å². The monoisotopic (exact) mass is 580 g/mol. The van der Waals surface area contributed by atoms with Crippen molar-refractivity contribution in [1.82, 2.24) is 14.9 Å². The smallest absolute Gasteiger partial charge is 0.245 e. The average molecular weight is 581 g/mol. The molecule has 4 aromatic carbocycles. The van der Waals surface area contributed by atoms with Crippen molar-refractivity contribution in [1.29, 1.82) is 5.26 Å². The molecule has 1 saturated heterocycles. The van der Waals surface area contributed by atoms with Crippen LogP contribution in [0.1, 0.15) is 42.0 Å². The minimum atomic E-state index is -3.99. The summed E-state index contributed by atoms with van der Waals surface area (Å²) in [5.41, 5.74) is 1.95. The van der Waals surface area contributed by atoms with Crippen LogP contribution in [0, 0.1) is 11.3 Å². The van der Waals surface area contributed by atoms with Gasteiger partial charge in [0.1, 0.15) is 6.04 Å². The zero-order chi connectivity index (χ0) is 29.5. The largest absolute Gasteiger partial charge is 0.344 e. The van der Waals surface area contributed by atoms with Gasteiger partial charge in [-0.25, -0.2) is 13.1 Å². The lowest BCUT2D eigenvalue weighted by atomic mass is 10.0. The van der Waals surface area contributed by atoms with Crippen LogP contribution < -0.4 is 10.0 Å². The summed E-state index contributed by atoms with van der Waals surface area (Å²) in [5.74, 6) is -0.616. The molecule has 0 spiro atoms. The van der Waals surface area contributed by atoms with Gasteiger partial charge in [-0.2, -0.15) is 5.26 Å². The van der Waals surface area contributed by atoms with Gasteiger partial charge in [-0.15, -0.1) is 0 Å². The van der Waals surface area contributed by atoms with Gasteiger partial charge >= 0.3 is 0 Å². The second-order valence-corrected chi connectivity index (χ2v) is 12.2. The van der Waals surface area contributed by atoms with E-state index in [1.54, 1.807) is 71.6 Å². The van der Waals surface area contributed by atoms with Crippen LogP contribution in [0.5, 0.6) is 0 Å². The number of sulfonamides is 1. The van der Waals surface area contributed by atoms with Crippen molar-refractivity contribution in [3.8, 4) is 6.07 Å². The van der Waals surface area contributed by atoms with Crippen LogP contribution in [0.2, 0.25) is 0 Å². The third-order valence-corrected chi connectivity index (χ3v) is 8.96. The average Bonchev–Trinajstić information content (AvgIpc) is 3.56. The molecule has 1 heterocycles. The molecule has 0 aromatic heterocycles. The maximum absolute atomic E-state index is 13.5. The molecule has 1 fully saturated rings. The van der Waals surface area contributed by atoms with Crippen molar-refractivity contribution in [2.45, 2.75) is 42.7 Å².